The van der Waals surface area contributed by atoms with Gasteiger partial charge in [-0.15, -0.1) is 0 Å². The minimum Gasteiger partial charge on any atom is -0.409 e. The van der Waals surface area contributed by atoms with E-state index in [9.17, 15) is 0 Å². The molecule has 74 valence electrons. The summed E-state index contributed by atoms with van der Waals surface area (Å²) in [4.78, 5) is 2.48. The molecule has 2 atom stereocenters. The van der Waals surface area contributed by atoms with Gasteiger partial charge in [0.15, 0.2) is 0 Å². The molecular weight excluding hydrogens is 166 g/mol. The van der Waals surface area contributed by atoms with Crippen LogP contribution in [0.5, 0.6) is 0 Å². The molecule has 0 radical (unpaired) electrons. The van der Waals surface area contributed by atoms with E-state index in [0.717, 1.165) is 13.0 Å². The molecule has 0 amide bonds. The van der Waals surface area contributed by atoms with Crippen LogP contribution < -0.4 is 5.73 Å². The van der Waals surface area contributed by atoms with Gasteiger partial charge in [-0.2, -0.15) is 0 Å². The van der Waals surface area contributed by atoms with Crippen LogP contribution in [0, 0.1) is 5.92 Å². The number of oxime groups is 1. The minimum absolute atomic E-state index is 0.285. The summed E-state index contributed by atoms with van der Waals surface area (Å²) < 4.78 is 0. The fourth-order valence-electron chi connectivity index (χ4n) is 2.55. The molecular formula is C9H17N3O. The van der Waals surface area contributed by atoms with Crippen molar-refractivity contribution in [2.75, 3.05) is 13.1 Å². The van der Waals surface area contributed by atoms with Crippen LogP contribution in [0.2, 0.25) is 0 Å². The molecule has 2 aliphatic heterocycles. The Morgan fingerprint density at radius 3 is 3.00 bits per heavy atom. The van der Waals surface area contributed by atoms with Gasteiger partial charge in [0.1, 0.15) is 5.84 Å². The lowest BCUT2D eigenvalue weighted by molar-refractivity contribution is 0.197. The fraction of sp³-hybridized carbons (Fsp3) is 0.889. The van der Waals surface area contributed by atoms with E-state index in [1.54, 1.807) is 0 Å². The maximum Gasteiger partial charge on any atom is 0.143 e. The normalized spacial score (nSPS) is 36.2. The Morgan fingerprint density at radius 2 is 2.31 bits per heavy atom. The fourth-order valence-corrected chi connectivity index (χ4v) is 2.55. The lowest BCUT2D eigenvalue weighted by atomic mass is 9.99. The molecule has 0 aromatic rings. The topological polar surface area (TPSA) is 61.9 Å². The highest BCUT2D eigenvalue weighted by Gasteiger charge is 2.35. The van der Waals surface area contributed by atoms with Crippen molar-refractivity contribution in [3.63, 3.8) is 0 Å². The second-order valence-electron chi connectivity index (χ2n) is 4.10. The quantitative estimate of drug-likeness (QED) is 0.271. The van der Waals surface area contributed by atoms with E-state index in [0.29, 0.717) is 11.9 Å². The van der Waals surface area contributed by atoms with Crippen molar-refractivity contribution in [1.29, 1.82) is 0 Å². The monoisotopic (exact) mass is 183 g/mol. The molecule has 0 aromatic heterocycles. The highest BCUT2D eigenvalue weighted by atomic mass is 16.4. The van der Waals surface area contributed by atoms with Crippen molar-refractivity contribution in [2.24, 2.45) is 16.8 Å². The zero-order chi connectivity index (χ0) is 9.26. The van der Waals surface area contributed by atoms with E-state index in [1.807, 2.05) is 0 Å². The average molecular weight is 183 g/mol. The molecule has 0 aliphatic carbocycles. The second kappa shape index (κ2) is 3.54. The van der Waals surface area contributed by atoms with Gasteiger partial charge in [0.25, 0.3) is 0 Å². The number of fused-ring (bicyclic) bond motifs is 1. The van der Waals surface area contributed by atoms with E-state index in [1.165, 1.54) is 25.8 Å². The van der Waals surface area contributed by atoms with E-state index in [-0.39, 0.29) is 5.92 Å². The molecule has 0 spiro atoms. The zero-order valence-corrected chi connectivity index (χ0v) is 7.82. The van der Waals surface area contributed by atoms with Crippen molar-refractivity contribution in [2.45, 2.75) is 31.7 Å². The molecule has 2 rings (SSSR count). The SMILES string of the molecule is N/C(=N/O)[C@H]1C[C@@H]2CCCCN2C1. The van der Waals surface area contributed by atoms with E-state index in [2.05, 4.69) is 10.1 Å². The molecule has 2 fully saturated rings. The molecule has 0 bridgehead atoms. The van der Waals surface area contributed by atoms with Gasteiger partial charge in [0.05, 0.1) is 0 Å². The summed E-state index contributed by atoms with van der Waals surface area (Å²) in [6.07, 6.45) is 5.01. The lowest BCUT2D eigenvalue weighted by Gasteiger charge is -2.28. The Hall–Kier alpha value is -0.770. The minimum atomic E-state index is 0.285. The number of amidine groups is 1. The van der Waals surface area contributed by atoms with Gasteiger partial charge < -0.3 is 10.9 Å². The van der Waals surface area contributed by atoms with E-state index in [4.69, 9.17) is 10.9 Å². The first-order valence-corrected chi connectivity index (χ1v) is 5.02. The third-order valence-electron chi connectivity index (χ3n) is 3.29. The maximum atomic E-state index is 8.57. The number of rotatable bonds is 1. The average Bonchev–Trinajstić information content (AvgIpc) is 2.59. The standard InChI is InChI=1S/C9H17N3O/c10-9(11-13)7-5-8-3-1-2-4-12(8)6-7/h7-8,13H,1-6H2,(H2,10,11)/t7-,8-/m0/s1. The second-order valence-corrected chi connectivity index (χ2v) is 4.10. The van der Waals surface area contributed by atoms with Gasteiger partial charge in [0, 0.05) is 18.5 Å². The van der Waals surface area contributed by atoms with Crippen LogP contribution >= 0.6 is 0 Å². The highest BCUT2D eigenvalue weighted by Crippen LogP contribution is 2.30. The third kappa shape index (κ3) is 1.63. The van der Waals surface area contributed by atoms with Gasteiger partial charge in [-0.1, -0.05) is 11.6 Å². The van der Waals surface area contributed by atoms with Crippen LogP contribution in [0.4, 0.5) is 0 Å². The lowest BCUT2D eigenvalue weighted by Crippen LogP contribution is -2.34. The number of nitrogens with zero attached hydrogens (tertiary/aromatic N) is 2. The summed E-state index contributed by atoms with van der Waals surface area (Å²) in [5.74, 6) is 0.697. The van der Waals surface area contributed by atoms with Crippen LogP contribution in [-0.4, -0.2) is 35.1 Å². The summed E-state index contributed by atoms with van der Waals surface area (Å²) in [6.45, 7) is 2.18. The molecule has 4 nitrogen and oxygen atoms in total. The third-order valence-corrected chi connectivity index (χ3v) is 3.29. The number of hydrogen-bond acceptors (Lipinski definition) is 3. The molecule has 0 aromatic carbocycles. The molecule has 2 saturated heterocycles. The Bertz CT molecular complexity index is 203. The summed E-state index contributed by atoms with van der Waals surface area (Å²) >= 11 is 0. The Morgan fingerprint density at radius 1 is 1.46 bits per heavy atom. The largest absolute Gasteiger partial charge is 0.409 e. The Labute approximate surface area is 78.4 Å². The van der Waals surface area contributed by atoms with Crippen LogP contribution in [0.15, 0.2) is 5.16 Å². The van der Waals surface area contributed by atoms with Gasteiger partial charge in [-0.05, 0) is 25.8 Å². The van der Waals surface area contributed by atoms with Gasteiger partial charge in [-0.3, -0.25) is 4.90 Å². The first kappa shape index (κ1) is 8.81. The van der Waals surface area contributed by atoms with Crippen LogP contribution in [0.25, 0.3) is 0 Å². The Kier molecular flexibility index (Phi) is 2.40. The molecule has 13 heavy (non-hydrogen) atoms. The Balaban J connectivity index is 1.98. The van der Waals surface area contributed by atoms with Gasteiger partial charge >= 0.3 is 0 Å². The van der Waals surface area contributed by atoms with Gasteiger partial charge in [-0.25, -0.2) is 0 Å². The van der Waals surface area contributed by atoms with Crippen molar-refractivity contribution >= 4 is 5.84 Å². The highest BCUT2D eigenvalue weighted by molar-refractivity contribution is 5.82. The smallest absolute Gasteiger partial charge is 0.143 e. The van der Waals surface area contributed by atoms with E-state index < -0.39 is 0 Å². The predicted octanol–water partition coefficient (Wildman–Crippen LogP) is 0.607. The number of nitrogens with two attached hydrogens (primary N) is 1. The molecule has 0 saturated carbocycles. The maximum absolute atomic E-state index is 8.57. The number of hydrogen-bond donors (Lipinski definition) is 2. The molecule has 2 heterocycles. The van der Waals surface area contributed by atoms with Crippen molar-refractivity contribution in [3.05, 3.63) is 0 Å². The van der Waals surface area contributed by atoms with Crippen molar-refractivity contribution < 1.29 is 5.21 Å². The first-order valence-electron chi connectivity index (χ1n) is 5.02. The van der Waals surface area contributed by atoms with Crippen LogP contribution in [-0.2, 0) is 0 Å². The summed E-state index contributed by atoms with van der Waals surface area (Å²) in [5, 5.41) is 11.7. The predicted molar refractivity (Wildman–Crippen MR) is 50.7 cm³/mol. The zero-order valence-electron chi connectivity index (χ0n) is 7.82. The number of piperidine rings is 1. The van der Waals surface area contributed by atoms with Gasteiger partial charge in [0.2, 0.25) is 0 Å². The first-order chi connectivity index (χ1) is 6.31. The van der Waals surface area contributed by atoms with Crippen molar-refractivity contribution in [1.82, 2.24) is 4.90 Å². The summed E-state index contributed by atoms with van der Waals surface area (Å²) in [6, 6.07) is 0.694. The van der Waals surface area contributed by atoms with Crippen molar-refractivity contribution in [3.8, 4) is 0 Å². The van der Waals surface area contributed by atoms with E-state index >= 15 is 0 Å². The van der Waals surface area contributed by atoms with Crippen LogP contribution in [0.3, 0.4) is 0 Å². The molecule has 0 unspecified atom stereocenters. The molecule has 2 aliphatic rings. The molecule has 4 heteroatoms. The van der Waals surface area contributed by atoms with Crippen LogP contribution in [0.1, 0.15) is 25.7 Å². The summed E-state index contributed by atoms with van der Waals surface area (Å²) in [5.41, 5.74) is 5.61. The molecule has 3 N–H and O–H groups in total. The summed E-state index contributed by atoms with van der Waals surface area (Å²) in [7, 11) is 0.